The van der Waals surface area contributed by atoms with Crippen molar-refractivity contribution in [2.45, 2.75) is 16.7 Å². The summed E-state index contributed by atoms with van der Waals surface area (Å²) < 4.78 is 68.4. The summed E-state index contributed by atoms with van der Waals surface area (Å²) >= 11 is 9.35. The second kappa shape index (κ2) is 18.3. The molecule has 55 heavy (non-hydrogen) atoms. The van der Waals surface area contributed by atoms with E-state index in [1.54, 1.807) is 87.0 Å². The van der Waals surface area contributed by atoms with Crippen LogP contribution in [0.3, 0.4) is 0 Å². The van der Waals surface area contributed by atoms with E-state index in [1.807, 2.05) is 0 Å². The van der Waals surface area contributed by atoms with Gasteiger partial charge in [-0.25, -0.2) is 16.8 Å². The number of rotatable bonds is 11. The molecule has 0 spiro atoms. The fourth-order valence-corrected chi connectivity index (χ4v) is 8.71. The number of ether oxygens (including phenoxy) is 2. The molecule has 0 atom stereocenters. The molecule has 2 aliphatic rings. The third-order valence-electron chi connectivity index (χ3n) is 9.33. The van der Waals surface area contributed by atoms with E-state index in [4.69, 9.17) is 21.1 Å². The zero-order chi connectivity index (χ0) is 39.9. The van der Waals surface area contributed by atoms with Crippen molar-refractivity contribution in [1.29, 1.82) is 0 Å². The summed E-state index contributed by atoms with van der Waals surface area (Å²) in [5.74, 6) is 1.09. The zero-order valence-electron chi connectivity index (χ0n) is 31.4. The lowest BCUT2D eigenvalue weighted by molar-refractivity contribution is 0.101. The Morgan fingerprint density at radius 3 is 1.60 bits per heavy atom. The van der Waals surface area contributed by atoms with Crippen molar-refractivity contribution < 1.29 is 31.1 Å². The number of nitrogens with zero attached hydrogens (tertiary/aromatic N) is 4. The van der Waals surface area contributed by atoms with Gasteiger partial charge in [0, 0.05) is 62.4 Å². The van der Waals surface area contributed by atoms with Gasteiger partial charge in [-0.3, -0.25) is 14.2 Å². The minimum absolute atomic E-state index is 0.126. The number of para-hydroxylation sites is 1. The number of sulfonamides is 2. The first-order chi connectivity index (χ1) is 26.1. The van der Waals surface area contributed by atoms with E-state index in [-0.39, 0.29) is 21.3 Å². The molecule has 17 heteroatoms. The number of Topliss-reactive ketones (excluding diaryl/α,β-unsaturated/α-hetero) is 1. The van der Waals surface area contributed by atoms with Gasteiger partial charge in [0.1, 0.15) is 11.5 Å². The average Bonchev–Trinajstić information content (AvgIpc) is 3.16. The molecular formula is C38H46BrClN6O7S2. The molecule has 2 N–H and O–H groups in total. The fourth-order valence-electron chi connectivity index (χ4n) is 6.12. The lowest BCUT2D eigenvalue weighted by atomic mass is 10.1. The predicted molar refractivity (Wildman–Crippen MR) is 223 cm³/mol. The summed E-state index contributed by atoms with van der Waals surface area (Å²) in [6.07, 6.45) is 0. The number of likely N-dealkylation sites (N-methyl/N-ethyl adjacent to an activating group) is 2. The molecule has 2 fully saturated rings. The zero-order valence-corrected chi connectivity index (χ0v) is 35.4. The highest BCUT2D eigenvalue weighted by atomic mass is 79.9. The van der Waals surface area contributed by atoms with Crippen molar-refractivity contribution in [2.24, 2.45) is 0 Å². The van der Waals surface area contributed by atoms with Crippen LogP contribution >= 0.6 is 27.5 Å². The van der Waals surface area contributed by atoms with E-state index in [0.717, 1.165) is 63.7 Å². The number of hydrogen-bond acceptors (Lipinski definition) is 11. The quantitative estimate of drug-likeness (QED) is 0.169. The Hall–Kier alpha value is -4.06. The normalized spacial score (nSPS) is 15.5. The molecule has 4 aromatic carbocycles. The van der Waals surface area contributed by atoms with E-state index in [2.05, 4.69) is 59.1 Å². The topological polar surface area (TPSA) is 141 Å². The molecule has 0 aromatic heterocycles. The minimum atomic E-state index is -3.86. The molecule has 0 radical (unpaired) electrons. The molecule has 0 unspecified atom stereocenters. The van der Waals surface area contributed by atoms with Crippen molar-refractivity contribution in [1.82, 2.24) is 9.80 Å². The maximum Gasteiger partial charge on any atom is 0.261 e. The van der Waals surface area contributed by atoms with Crippen molar-refractivity contribution in [3.05, 3.63) is 93.9 Å². The average molecular weight is 878 g/mol. The molecular weight excluding hydrogens is 832 g/mol. The molecule has 2 heterocycles. The minimum Gasteiger partial charge on any atom is -0.495 e. The molecule has 4 aromatic rings. The third kappa shape index (κ3) is 10.6. The van der Waals surface area contributed by atoms with E-state index in [9.17, 15) is 21.6 Å². The van der Waals surface area contributed by atoms with E-state index in [1.165, 1.54) is 13.0 Å². The van der Waals surface area contributed by atoms with Crippen LogP contribution in [0.25, 0.3) is 0 Å². The summed E-state index contributed by atoms with van der Waals surface area (Å²) in [7, 11) is -0.322. The molecule has 13 nitrogen and oxygen atoms in total. The summed E-state index contributed by atoms with van der Waals surface area (Å²) in [5.41, 5.74) is 2.53. The lowest BCUT2D eigenvalue weighted by Crippen LogP contribution is -2.44. The second-order valence-corrected chi connectivity index (χ2v) is 17.8. The number of ketones is 1. The Bertz CT molecular complexity index is 2210. The van der Waals surface area contributed by atoms with Crippen LogP contribution in [0, 0.1) is 0 Å². The Morgan fingerprint density at radius 1 is 0.673 bits per heavy atom. The molecule has 6 rings (SSSR count). The van der Waals surface area contributed by atoms with Crippen molar-refractivity contribution >= 4 is 76.1 Å². The summed E-state index contributed by atoms with van der Waals surface area (Å²) in [6.45, 7) is 8.22. The van der Waals surface area contributed by atoms with Crippen LogP contribution in [-0.4, -0.2) is 113 Å². The smallest absolute Gasteiger partial charge is 0.261 e. The number of halogens is 2. The van der Waals surface area contributed by atoms with Gasteiger partial charge in [0.2, 0.25) is 0 Å². The van der Waals surface area contributed by atoms with Crippen molar-refractivity contribution in [3.63, 3.8) is 0 Å². The number of carbonyl (C=O) groups excluding carboxylic acids is 1. The molecule has 2 saturated heterocycles. The molecule has 0 saturated carbocycles. The van der Waals surface area contributed by atoms with Gasteiger partial charge in [-0.2, -0.15) is 0 Å². The number of anilines is 4. The van der Waals surface area contributed by atoms with Gasteiger partial charge in [0.25, 0.3) is 20.0 Å². The van der Waals surface area contributed by atoms with Crippen LogP contribution in [0.5, 0.6) is 11.5 Å². The van der Waals surface area contributed by atoms with Crippen LogP contribution in [0.2, 0.25) is 5.02 Å². The van der Waals surface area contributed by atoms with Gasteiger partial charge in [-0.1, -0.05) is 23.7 Å². The van der Waals surface area contributed by atoms with E-state index >= 15 is 0 Å². The first-order valence-electron chi connectivity index (χ1n) is 17.5. The van der Waals surface area contributed by atoms with Gasteiger partial charge >= 0.3 is 0 Å². The number of nitrogens with one attached hydrogen (secondary N) is 2. The molecule has 296 valence electrons. The highest BCUT2D eigenvalue weighted by Gasteiger charge is 2.24. The van der Waals surface area contributed by atoms with Crippen molar-refractivity contribution in [3.8, 4) is 11.5 Å². The number of piperazine rings is 2. The summed E-state index contributed by atoms with van der Waals surface area (Å²) in [6, 6.07) is 21.2. The highest BCUT2D eigenvalue weighted by Crippen LogP contribution is 2.34. The van der Waals surface area contributed by atoms with Gasteiger partial charge < -0.3 is 29.1 Å². The molecule has 2 aliphatic heterocycles. The second-order valence-electron chi connectivity index (χ2n) is 13.2. The Labute approximate surface area is 337 Å². The first-order valence-corrected chi connectivity index (χ1v) is 21.6. The Balaban J connectivity index is 0.000000211. The standard InChI is InChI=1S/C20H25N3O4S.C18H21BrClN3O3S/c1-15(24)17-6-4-5-7-18(17)21-28(25,26)16-8-9-20(27-3)19(14-16)23-12-10-22(2)11-13-23;1-22-7-9-23(10-8-22)17-12-14(4-6-18(17)26-2)27(24,25)21-13-3-5-15(19)16(20)11-13/h4-9,14,21H,10-13H2,1-3H3;3-6,11-12,21H,7-10H2,1-2H3. The van der Waals surface area contributed by atoms with Gasteiger partial charge in [0.05, 0.1) is 51.8 Å². The van der Waals surface area contributed by atoms with Crippen LogP contribution in [0.1, 0.15) is 17.3 Å². The van der Waals surface area contributed by atoms with Gasteiger partial charge in [-0.15, -0.1) is 0 Å². The van der Waals surface area contributed by atoms with Crippen LogP contribution in [0.4, 0.5) is 22.7 Å². The maximum absolute atomic E-state index is 13.0. The van der Waals surface area contributed by atoms with Crippen molar-refractivity contribution in [2.75, 3.05) is 99.9 Å². The number of methoxy groups -OCH3 is 2. The summed E-state index contributed by atoms with van der Waals surface area (Å²) in [4.78, 5) is 20.8. The first kappa shape index (κ1) is 42.1. The Kier molecular flexibility index (Phi) is 14.0. The van der Waals surface area contributed by atoms with Gasteiger partial charge in [-0.05, 0) is 104 Å². The SMILES string of the molecule is COc1ccc(S(=O)(=O)Nc2ccc(Br)c(Cl)c2)cc1N1CCN(C)CC1.COc1ccc(S(=O)(=O)Nc2ccccc2C(C)=O)cc1N1CCN(C)CC1. The monoisotopic (exact) mass is 876 g/mol. The number of benzene rings is 4. The number of carbonyl (C=O) groups is 1. The maximum atomic E-state index is 13.0. The van der Waals surface area contributed by atoms with E-state index in [0.29, 0.717) is 32.2 Å². The van der Waals surface area contributed by atoms with E-state index < -0.39 is 20.0 Å². The van der Waals surface area contributed by atoms with Crippen LogP contribution in [0.15, 0.2) is 93.1 Å². The molecule has 0 bridgehead atoms. The predicted octanol–water partition coefficient (Wildman–Crippen LogP) is 6.11. The lowest BCUT2D eigenvalue weighted by Gasteiger charge is -2.34. The number of hydrogen-bond donors (Lipinski definition) is 2. The van der Waals surface area contributed by atoms with Crippen LogP contribution in [-0.2, 0) is 20.0 Å². The van der Waals surface area contributed by atoms with Gasteiger partial charge in [0.15, 0.2) is 5.78 Å². The van der Waals surface area contributed by atoms with Crippen LogP contribution < -0.4 is 28.7 Å². The fraction of sp³-hybridized carbons (Fsp3) is 0.342. The largest absolute Gasteiger partial charge is 0.495 e. The molecule has 0 amide bonds. The Morgan fingerprint density at radius 2 is 1.15 bits per heavy atom. The highest BCUT2D eigenvalue weighted by molar-refractivity contribution is 9.10. The summed E-state index contributed by atoms with van der Waals surface area (Å²) in [5, 5.41) is 0.433. The third-order valence-corrected chi connectivity index (χ3v) is 13.3. The molecule has 0 aliphatic carbocycles.